The molecule has 1 aromatic rings. The third-order valence-electron chi connectivity index (χ3n) is 2.84. The molecule has 2 heteroatoms. The Morgan fingerprint density at radius 1 is 1.31 bits per heavy atom. The first-order chi connectivity index (χ1) is 6.29. The third-order valence-corrected chi connectivity index (χ3v) is 2.84. The zero-order chi connectivity index (χ0) is 9.26. The van der Waals surface area contributed by atoms with Crippen LogP contribution in [0.5, 0.6) is 0 Å². The molecule has 1 aromatic carbocycles. The second-order valence-corrected chi connectivity index (χ2v) is 3.79. The van der Waals surface area contributed by atoms with E-state index in [1.54, 1.807) is 0 Å². The van der Waals surface area contributed by atoms with Gasteiger partial charge in [-0.3, -0.25) is 4.90 Å². The molecule has 1 aliphatic heterocycles. The summed E-state index contributed by atoms with van der Waals surface area (Å²) < 4.78 is 0. The molecule has 2 rings (SSSR count). The van der Waals surface area contributed by atoms with E-state index in [4.69, 9.17) is 5.73 Å². The molecular weight excluding hydrogens is 160 g/mol. The van der Waals surface area contributed by atoms with Crippen LogP contribution in [0.1, 0.15) is 18.0 Å². The molecule has 0 aliphatic carbocycles. The molecule has 0 aromatic heterocycles. The number of nitrogens with zero attached hydrogens (tertiary/aromatic N) is 1. The van der Waals surface area contributed by atoms with Gasteiger partial charge in [-0.25, -0.2) is 0 Å². The second kappa shape index (κ2) is 3.48. The summed E-state index contributed by atoms with van der Waals surface area (Å²) in [6.07, 6.45) is 1.11. The SMILES string of the molecule is CN1CCC(N)C1c1ccccc1. The normalized spacial score (nSPS) is 29.4. The molecule has 0 saturated carbocycles. The van der Waals surface area contributed by atoms with E-state index >= 15 is 0 Å². The molecule has 70 valence electrons. The molecule has 1 fully saturated rings. The van der Waals surface area contributed by atoms with Crippen LogP contribution in [0.25, 0.3) is 0 Å². The number of hydrogen-bond acceptors (Lipinski definition) is 2. The number of rotatable bonds is 1. The van der Waals surface area contributed by atoms with Gasteiger partial charge in [0.1, 0.15) is 0 Å². The van der Waals surface area contributed by atoms with Gasteiger partial charge < -0.3 is 5.73 Å². The van der Waals surface area contributed by atoms with Gasteiger partial charge >= 0.3 is 0 Å². The Bertz CT molecular complexity index is 261. The number of benzene rings is 1. The molecule has 2 nitrogen and oxygen atoms in total. The minimum atomic E-state index is 0.299. The van der Waals surface area contributed by atoms with Gasteiger partial charge in [0.05, 0.1) is 0 Å². The summed E-state index contributed by atoms with van der Waals surface area (Å²) in [6, 6.07) is 11.2. The lowest BCUT2D eigenvalue weighted by molar-refractivity contribution is 0.304. The minimum absolute atomic E-state index is 0.299. The van der Waals surface area contributed by atoms with Gasteiger partial charge in [0.25, 0.3) is 0 Å². The lowest BCUT2D eigenvalue weighted by Gasteiger charge is -2.22. The predicted molar refractivity (Wildman–Crippen MR) is 54.4 cm³/mol. The number of nitrogens with two attached hydrogens (primary N) is 1. The summed E-state index contributed by atoms with van der Waals surface area (Å²) in [6.45, 7) is 1.11. The Hall–Kier alpha value is -0.860. The van der Waals surface area contributed by atoms with Crippen LogP contribution in [0.15, 0.2) is 30.3 Å². The van der Waals surface area contributed by atoms with E-state index in [2.05, 4.69) is 36.2 Å². The Kier molecular flexibility index (Phi) is 2.34. The van der Waals surface area contributed by atoms with Crippen LogP contribution in [-0.4, -0.2) is 24.5 Å². The van der Waals surface area contributed by atoms with E-state index < -0.39 is 0 Å². The van der Waals surface area contributed by atoms with Gasteiger partial charge in [-0.15, -0.1) is 0 Å². The first kappa shape index (κ1) is 8.73. The largest absolute Gasteiger partial charge is 0.326 e. The van der Waals surface area contributed by atoms with Gasteiger partial charge in [0.15, 0.2) is 0 Å². The Labute approximate surface area is 79.4 Å². The quantitative estimate of drug-likeness (QED) is 0.700. The molecule has 0 amide bonds. The Morgan fingerprint density at radius 2 is 2.00 bits per heavy atom. The van der Waals surface area contributed by atoms with Crippen molar-refractivity contribution in [3.8, 4) is 0 Å². The number of hydrogen-bond donors (Lipinski definition) is 1. The van der Waals surface area contributed by atoms with Gasteiger partial charge in [-0.05, 0) is 19.0 Å². The highest BCUT2D eigenvalue weighted by atomic mass is 15.2. The van der Waals surface area contributed by atoms with Crippen molar-refractivity contribution in [2.24, 2.45) is 5.73 Å². The van der Waals surface area contributed by atoms with Crippen molar-refractivity contribution in [2.45, 2.75) is 18.5 Å². The molecular formula is C11H16N2. The molecule has 1 heterocycles. The molecule has 1 aliphatic rings. The Balaban J connectivity index is 2.25. The molecule has 2 unspecified atom stereocenters. The van der Waals surface area contributed by atoms with Crippen LogP contribution < -0.4 is 5.73 Å². The van der Waals surface area contributed by atoms with Crippen LogP contribution >= 0.6 is 0 Å². The van der Waals surface area contributed by atoms with Crippen molar-refractivity contribution in [1.82, 2.24) is 4.90 Å². The van der Waals surface area contributed by atoms with Crippen LogP contribution in [0, 0.1) is 0 Å². The topological polar surface area (TPSA) is 29.3 Å². The summed E-state index contributed by atoms with van der Waals surface area (Å²) in [5, 5.41) is 0. The smallest absolute Gasteiger partial charge is 0.0496 e. The molecule has 0 radical (unpaired) electrons. The van der Waals surface area contributed by atoms with Crippen LogP contribution in [0.2, 0.25) is 0 Å². The van der Waals surface area contributed by atoms with E-state index in [0.717, 1.165) is 13.0 Å². The fourth-order valence-corrected chi connectivity index (χ4v) is 2.13. The highest BCUT2D eigenvalue weighted by molar-refractivity contribution is 5.21. The van der Waals surface area contributed by atoms with Crippen molar-refractivity contribution < 1.29 is 0 Å². The lowest BCUT2D eigenvalue weighted by Crippen LogP contribution is -2.29. The van der Waals surface area contributed by atoms with E-state index in [1.165, 1.54) is 5.56 Å². The van der Waals surface area contributed by atoms with E-state index in [0.29, 0.717) is 12.1 Å². The second-order valence-electron chi connectivity index (χ2n) is 3.79. The highest BCUT2D eigenvalue weighted by Crippen LogP contribution is 2.28. The monoisotopic (exact) mass is 176 g/mol. The van der Waals surface area contributed by atoms with E-state index in [-0.39, 0.29) is 0 Å². The molecule has 0 bridgehead atoms. The fourth-order valence-electron chi connectivity index (χ4n) is 2.13. The summed E-state index contributed by atoms with van der Waals surface area (Å²) in [5.74, 6) is 0. The van der Waals surface area contributed by atoms with Crippen molar-refractivity contribution in [1.29, 1.82) is 0 Å². The maximum absolute atomic E-state index is 6.06. The van der Waals surface area contributed by atoms with Crippen molar-refractivity contribution in [2.75, 3.05) is 13.6 Å². The van der Waals surface area contributed by atoms with E-state index in [1.807, 2.05) is 6.07 Å². The summed E-state index contributed by atoms with van der Waals surface area (Å²) in [5.41, 5.74) is 7.40. The maximum Gasteiger partial charge on any atom is 0.0496 e. The van der Waals surface area contributed by atoms with Crippen molar-refractivity contribution >= 4 is 0 Å². The van der Waals surface area contributed by atoms with Gasteiger partial charge in [0.2, 0.25) is 0 Å². The summed E-state index contributed by atoms with van der Waals surface area (Å²) in [4.78, 5) is 2.33. The molecule has 2 N–H and O–H groups in total. The molecule has 2 atom stereocenters. The summed E-state index contributed by atoms with van der Waals surface area (Å²) in [7, 11) is 2.14. The number of likely N-dealkylation sites (tertiary alicyclic amines) is 1. The summed E-state index contributed by atoms with van der Waals surface area (Å²) >= 11 is 0. The van der Waals surface area contributed by atoms with Crippen molar-refractivity contribution in [3.05, 3.63) is 35.9 Å². The number of likely N-dealkylation sites (N-methyl/N-ethyl adjacent to an activating group) is 1. The highest BCUT2D eigenvalue weighted by Gasteiger charge is 2.29. The lowest BCUT2D eigenvalue weighted by atomic mass is 10.0. The van der Waals surface area contributed by atoms with Crippen LogP contribution in [0.4, 0.5) is 0 Å². The van der Waals surface area contributed by atoms with Crippen molar-refractivity contribution in [3.63, 3.8) is 0 Å². The first-order valence-electron chi connectivity index (χ1n) is 4.80. The minimum Gasteiger partial charge on any atom is -0.326 e. The standard InChI is InChI=1S/C11H16N2/c1-13-8-7-10(12)11(13)9-5-3-2-4-6-9/h2-6,10-11H,7-8,12H2,1H3. The third kappa shape index (κ3) is 1.60. The fraction of sp³-hybridized carbons (Fsp3) is 0.455. The Morgan fingerprint density at radius 3 is 2.54 bits per heavy atom. The molecule has 0 spiro atoms. The molecule has 1 saturated heterocycles. The maximum atomic E-state index is 6.06. The van der Waals surface area contributed by atoms with Crippen LogP contribution in [-0.2, 0) is 0 Å². The van der Waals surface area contributed by atoms with E-state index in [9.17, 15) is 0 Å². The zero-order valence-electron chi connectivity index (χ0n) is 7.98. The van der Waals surface area contributed by atoms with Gasteiger partial charge in [0, 0.05) is 18.6 Å². The first-order valence-corrected chi connectivity index (χ1v) is 4.80. The zero-order valence-corrected chi connectivity index (χ0v) is 7.98. The predicted octanol–water partition coefficient (Wildman–Crippen LogP) is 1.39. The average molecular weight is 176 g/mol. The van der Waals surface area contributed by atoms with Crippen LogP contribution in [0.3, 0.4) is 0 Å². The van der Waals surface area contributed by atoms with Gasteiger partial charge in [-0.1, -0.05) is 30.3 Å². The average Bonchev–Trinajstić information content (AvgIpc) is 2.48. The molecule has 13 heavy (non-hydrogen) atoms. The van der Waals surface area contributed by atoms with Gasteiger partial charge in [-0.2, -0.15) is 0 Å².